The zero-order valence-electron chi connectivity index (χ0n) is 13.1. The molecule has 0 radical (unpaired) electrons. The molecule has 0 saturated heterocycles. The minimum Gasteiger partial charge on any atom is -0.378 e. The summed E-state index contributed by atoms with van der Waals surface area (Å²) >= 11 is 0. The summed E-state index contributed by atoms with van der Waals surface area (Å²) in [6.45, 7) is 9.92. The van der Waals surface area contributed by atoms with Gasteiger partial charge in [0, 0.05) is 25.0 Å². The number of carbonyl (C=O) groups is 2. The Balaban J connectivity index is 2.67. The zero-order valence-corrected chi connectivity index (χ0v) is 13.1. The minimum absolute atomic E-state index is 0.0209. The molecule has 6 nitrogen and oxygen atoms in total. The molecule has 0 heterocycles. The first-order chi connectivity index (χ1) is 8.99. The fraction of sp³-hybridized carbons (Fsp3) is 0.857. The highest BCUT2D eigenvalue weighted by Crippen LogP contribution is 2.49. The summed E-state index contributed by atoms with van der Waals surface area (Å²) in [6.07, 6.45) is 0.462. The van der Waals surface area contributed by atoms with Gasteiger partial charge >= 0.3 is 0 Å². The van der Waals surface area contributed by atoms with Crippen molar-refractivity contribution in [2.45, 2.75) is 52.7 Å². The van der Waals surface area contributed by atoms with E-state index in [1.54, 1.807) is 13.8 Å². The standard InChI is InChI=1S/C14H27N3O3/c1-6-20-9-7-14(16,13(9,4)5)11(19)17-8-12(2,3)10(15)18/h9H,6-8,16H2,1-5H3,(H2,15,18)(H,17,19). The van der Waals surface area contributed by atoms with E-state index in [1.807, 2.05) is 20.8 Å². The second-order valence-corrected chi connectivity index (χ2v) is 6.77. The third-order valence-corrected chi connectivity index (χ3v) is 4.59. The first-order valence-electron chi connectivity index (χ1n) is 6.97. The maximum absolute atomic E-state index is 12.3. The van der Waals surface area contributed by atoms with E-state index in [0.717, 1.165) is 0 Å². The lowest BCUT2D eigenvalue weighted by atomic mass is 9.54. The number of hydrogen-bond donors (Lipinski definition) is 3. The van der Waals surface area contributed by atoms with Gasteiger partial charge in [0.2, 0.25) is 11.8 Å². The number of rotatable bonds is 6. The smallest absolute Gasteiger partial charge is 0.240 e. The van der Waals surface area contributed by atoms with Crippen LogP contribution >= 0.6 is 0 Å². The van der Waals surface area contributed by atoms with Gasteiger partial charge in [-0.25, -0.2) is 0 Å². The molecule has 6 heteroatoms. The number of nitrogens with two attached hydrogens (primary N) is 2. The van der Waals surface area contributed by atoms with Gasteiger partial charge in [0.15, 0.2) is 0 Å². The van der Waals surface area contributed by atoms with Gasteiger partial charge < -0.3 is 21.5 Å². The molecule has 2 atom stereocenters. The highest BCUT2D eigenvalue weighted by molar-refractivity contribution is 5.89. The average molecular weight is 285 g/mol. The number of nitrogens with one attached hydrogen (secondary N) is 1. The highest BCUT2D eigenvalue weighted by atomic mass is 16.5. The average Bonchev–Trinajstić information content (AvgIpc) is 2.35. The second-order valence-electron chi connectivity index (χ2n) is 6.77. The first kappa shape index (κ1) is 16.9. The largest absolute Gasteiger partial charge is 0.378 e. The Morgan fingerprint density at radius 3 is 2.35 bits per heavy atom. The van der Waals surface area contributed by atoms with Crippen LogP contribution in [0.2, 0.25) is 0 Å². The molecule has 0 spiro atoms. The van der Waals surface area contributed by atoms with Crippen LogP contribution in [0.15, 0.2) is 0 Å². The molecule has 5 N–H and O–H groups in total. The van der Waals surface area contributed by atoms with Gasteiger partial charge in [0.25, 0.3) is 0 Å². The quantitative estimate of drug-likeness (QED) is 0.645. The van der Waals surface area contributed by atoms with Crippen LogP contribution in [0.1, 0.15) is 41.0 Å². The maximum Gasteiger partial charge on any atom is 0.240 e. The Bertz CT molecular complexity index is 406. The number of carbonyl (C=O) groups excluding carboxylic acids is 2. The predicted molar refractivity (Wildman–Crippen MR) is 76.7 cm³/mol. The van der Waals surface area contributed by atoms with Crippen LogP contribution in [0.5, 0.6) is 0 Å². The van der Waals surface area contributed by atoms with Crippen molar-refractivity contribution in [2.75, 3.05) is 13.2 Å². The van der Waals surface area contributed by atoms with Crippen molar-refractivity contribution < 1.29 is 14.3 Å². The molecule has 1 rings (SSSR count). The van der Waals surface area contributed by atoms with E-state index in [4.69, 9.17) is 16.2 Å². The summed E-state index contributed by atoms with van der Waals surface area (Å²) in [5.41, 5.74) is 9.32. The topological polar surface area (TPSA) is 107 Å². The summed E-state index contributed by atoms with van der Waals surface area (Å²) < 4.78 is 5.59. The molecule has 0 aliphatic heterocycles. The Morgan fingerprint density at radius 1 is 1.40 bits per heavy atom. The van der Waals surface area contributed by atoms with Crippen molar-refractivity contribution in [2.24, 2.45) is 22.3 Å². The number of ether oxygens (including phenoxy) is 1. The lowest BCUT2D eigenvalue weighted by Crippen LogP contribution is -2.76. The van der Waals surface area contributed by atoms with Crippen LogP contribution in [0, 0.1) is 10.8 Å². The number of hydrogen-bond acceptors (Lipinski definition) is 4. The Kier molecular flexibility index (Phi) is 4.51. The first-order valence-corrected chi connectivity index (χ1v) is 6.97. The molecule has 116 valence electrons. The molecule has 1 aliphatic carbocycles. The van der Waals surface area contributed by atoms with Gasteiger partial charge in [0.1, 0.15) is 5.54 Å². The lowest BCUT2D eigenvalue weighted by Gasteiger charge is -2.57. The van der Waals surface area contributed by atoms with E-state index in [1.165, 1.54) is 0 Å². The molecule has 1 aliphatic rings. The second kappa shape index (κ2) is 5.33. The third-order valence-electron chi connectivity index (χ3n) is 4.59. The molecule has 0 aromatic rings. The number of amides is 2. The van der Waals surface area contributed by atoms with Crippen molar-refractivity contribution in [1.29, 1.82) is 0 Å². The summed E-state index contributed by atoms with van der Waals surface area (Å²) in [4.78, 5) is 23.6. The molecule has 2 amide bonds. The van der Waals surface area contributed by atoms with Gasteiger partial charge in [-0.15, -0.1) is 0 Å². The normalized spacial score (nSPS) is 28.6. The summed E-state index contributed by atoms with van der Waals surface area (Å²) in [5.74, 6) is -0.711. The fourth-order valence-electron chi connectivity index (χ4n) is 2.37. The van der Waals surface area contributed by atoms with E-state index < -0.39 is 22.3 Å². The van der Waals surface area contributed by atoms with E-state index in [0.29, 0.717) is 13.0 Å². The Hall–Kier alpha value is -1.14. The molecular formula is C14H27N3O3. The van der Waals surface area contributed by atoms with Crippen molar-refractivity contribution in [1.82, 2.24) is 5.32 Å². The predicted octanol–water partition coefficient (Wildman–Crippen LogP) is 0.147. The summed E-state index contributed by atoms with van der Waals surface area (Å²) in [6, 6.07) is 0. The van der Waals surface area contributed by atoms with Crippen LogP contribution in [0.25, 0.3) is 0 Å². The zero-order chi connectivity index (χ0) is 15.8. The lowest BCUT2D eigenvalue weighted by molar-refractivity contribution is -0.171. The molecule has 2 unspecified atom stereocenters. The van der Waals surface area contributed by atoms with Crippen molar-refractivity contribution in [3.63, 3.8) is 0 Å². The van der Waals surface area contributed by atoms with Gasteiger partial charge in [-0.05, 0) is 20.8 Å². The monoisotopic (exact) mass is 285 g/mol. The highest BCUT2D eigenvalue weighted by Gasteiger charge is 2.62. The van der Waals surface area contributed by atoms with Crippen LogP contribution in [0.4, 0.5) is 0 Å². The third kappa shape index (κ3) is 2.67. The van der Waals surface area contributed by atoms with E-state index >= 15 is 0 Å². The van der Waals surface area contributed by atoms with E-state index in [-0.39, 0.29) is 18.6 Å². The van der Waals surface area contributed by atoms with Crippen molar-refractivity contribution in [3.8, 4) is 0 Å². The SMILES string of the molecule is CCOC1CC(N)(C(=O)NCC(C)(C)C(N)=O)C1(C)C. The Labute approximate surface area is 120 Å². The molecule has 1 saturated carbocycles. The van der Waals surface area contributed by atoms with Gasteiger partial charge in [-0.3, -0.25) is 9.59 Å². The van der Waals surface area contributed by atoms with E-state index in [2.05, 4.69) is 5.32 Å². The summed E-state index contributed by atoms with van der Waals surface area (Å²) in [5, 5.41) is 2.74. The molecular weight excluding hydrogens is 258 g/mol. The maximum atomic E-state index is 12.3. The molecule has 1 fully saturated rings. The number of primary amides is 1. The van der Waals surface area contributed by atoms with Gasteiger partial charge in [-0.2, -0.15) is 0 Å². The molecule has 20 heavy (non-hydrogen) atoms. The fourth-order valence-corrected chi connectivity index (χ4v) is 2.37. The van der Waals surface area contributed by atoms with Crippen molar-refractivity contribution >= 4 is 11.8 Å². The van der Waals surface area contributed by atoms with Crippen LogP contribution in [0.3, 0.4) is 0 Å². The van der Waals surface area contributed by atoms with Crippen LogP contribution < -0.4 is 16.8 Å². The summed E-state index contributed by atoms with van der Waals surface area (Å²) in [7, 11) is 0. The van der Waals surface area contributed by atoms with E-state index in [9.17, 15) is 9.59 Å². The van der Waals surface area contributed by atoms with Gasteiger partial charge in [-0.1, -0.05) is 13.8 Å². The van der Waals surface area contributed by atoms with Crippen LogP contribution in [-0.2, 0) is 14.3 Å². The van der Waals surface area contributed by atoms with Gasteiger partial charge in [0.05, 0.1) is 11.5 Å². The molecule has 0 aromatic heterocycles. The molecule has 0 bridgehead atoms. The molecule has 0 aromatic carbocycles. The Morgan fingerprint density at radius 2 is 1.95 bits per heavy atom. The van der Waals surface area contributed by atoms with Crippen LogP contribution in [-0.4, -0.2) is 36.6 Å². The minimum atomic E-state index is -0.972. The van der Waals surface area contributed by atoms with Crippen molar-refractivity contribution in [3.05, 3.63) is 0 Å².